The number of anilines is 1. The summed E-state index contributed by atoms with van der Waals surface area (Å²) in [5.41, 5.74) is 2.89. The summed E-state index contributed by atoms with van der Waals surface area (Å²) >= 11 is 0. The summed E-state index contributed by atoms with van der Waals surface area (Å²) in [4.78, 5) is 24.6. The predicted octanol–water partition coefficient (Wildman–Crippen LogP) is 3.30. The van der Waals surface area contributed by atoms with Crippen LogP contribution in [0.4, 0.5) is 10.2 Å². The minimum atomic E-state index is -1.02. The summed E-state index contributed by atoms with van der Waals surface area (Å²) in [6.07, 6.45) is 6.24. The van der Waals surface area contributed by atoms with E-state index < -0.39 is 12.1 Å². The average Bonchev–Trinajstić information content (AvgIpc) is 3.32. The molecule has 6 heteroatoms. The van der Waals surface area contributed by atoms with Gasteiger partial charge in [0.2, 0.25) is 5.91 Å². The SMILES string of the molecule is Cc1ccncc1-c1cc2cnc(NC(=O)[C@@H]3C[C@H]3F)cc2cn1. The minimum Gasteiger partial charge on any atom is -0.310 e. The fourth-order valence-corrected chi connectivity index (χ4v) is 2.64. The van der Waals surface area contributed by atoms with Crippen LogP contribution in [0.2, 0.25) is 0 Å². The summed E-state index contributed by atoms with van der Waals surface area (Å²) < 4.78 is 12.9. The number of hydrogen-bond acceptors (Lipinski definition) is 4. The molecule has 0 aromatic carbocycles. The van der Waals surface area contributed by atoms with Crippen molar-refractivity contribution in [2.75, 3.05) is 5.32 Å². The summed E-state index contributed by atoms with van der Waals surface area (Å²) in [7, 11) is 0. The summed E-state index contributed by atoms with van der Waals surface area (Å²) in [5.74, 6) is -0.430. The molecule has 1 aliphatic carbocycles. The van der Waals surface area contributed by atoms with Crippen molar-refractivity contribution in [3.05, 3.63) is 48.5 Å². The van der Waals surface area contributed by atoms with Gasteiger partial charge in [0.15, 0.2) is 0 Å². The van der Waals surface area contributed by atoms with Gasteiger partial charge in [0.25, 0.3) is 0 Å². The minimum absolute atomic E-state index is 0.300. The first-order valence-electron chi connectivity index (χ1n) is 7.73. The van der Waals surface area contributed by atoms with E-state index in [0.29, 0.717) is 12.2 Å². The fourth-order valence-electron chi connectivity index (χ4n) is 2.64. The van der Waals surface area contributed by atoms with Crippen LogP contribution in [0.3, 0.4) is 0 Å². The number of carbonyl (C=O) groups is 1. The monoisotopic (exact) mass is 322 g/mol. The number of rotatable bonds is 3. The maximum absolute atomic E-state index is 12.9. The molecule has 0 unspecified atom stereocenters. The zero-order valence-corrected chi connectivity index (χ0v) is 13.0. The molecule has 1 N–H and O–H groups in total. The molecule has 4 rings (SSSR count). The van der Waals surface area contributed by atoms with E-state index in [1.165, 1.54) is 0 Å². The van der Waals surface area contributed by atoms with Crippen LogP contribution in [0.15, 0.2) is 43.0 Å². The van der Waals surface area contributed by atoms with Crippen LogP contribution in [0, 0.1) is 12.8 Å². The second-order valence-electron chi connectivity index (χ2n) is 6.02. The van der Waals surface area contributed by atoms with E-state index in [0.717, 1.165) is 27.6 Å². The van der Waals surface area contributed by atoms with Gasteiger partial charge in [-0.1, -0.05) is 0 Å². The molecule has 0 bridgehead atoms. The number of pyridine rings is 3. The first-order chi connectivity index (χ1) is 11.6. The van der Waals surface area contributed by atoms with Gasteiger partial charge >= 0.3 is 0 Å². The lowest BCUT2D eigenvalue weighted by atomic mass is 10.1. The number of fused-ring (bicyclic) bond motifs is 1. The molecule has 120 valence electrons. The topological polar surface area (TPSA) is 67.8 Å². The normalized spacial score (nSPS) is 19.2. The van der Waals surface area contributed by atoms with Crippen molar-refractivity contribution in [3.8, 4) is 11.3 Å². The Morgan fingerprint density at radius 2 is 1.96 bits per heavy atom. The Hall–Kier alpha value is -2.89. The largest absolute Gasteiger partial charge is 0.310 e. The number of aromatic nitrogens is 3. The molecule has 1 fully saturated rings. The first-order valence-corrected chi connectivity index (χ1v) is 7.73. The van der Waals surface area contributed by atoms with Crippen molar-refractivity contribution < 1.29 is 9.18 Å². The smallest absolute Gasteiger partial charge is 0.231 e. The van der Waals surface area contributed by atoms with Crippen molar-refractivity contribution in [1.29, 1.82) is 0 Å². The van der Waals surface area contributed by atoms with Gasteiger partial charge in [0.1, 0.15) is 12.0 Å². The number of carbonyl (C=O) groups excluding carboxylic acids is 1. The van der Waals surface area contributed by atoms with E-state index in [4.69, 9.17) is 0 Å². The average molecular weight is 322 g/mol. The molecule has 1 amide bonds. The third-order valence-corrected chi connectivity index (χ3v) is 4.22. The van der Waals surface area contributed by atoms with Gasteiger partial charge in [-0.05, 0) is 37.1 Å². The number of amides is 1. The van der Waals surface area contributed by atoms with E-state index in [2.05, 4.69) is 20.3 Å². The number of hydrogen-bond donors (Lipinski definition) is 1. The zero-order chi connectivity index (χ0) is 16.7. The zero-order valence-electron chi connectivity index (χ0n) is 13.0. The molecule has 3 aromatic rings. The number of alkyl halides is 1. The summed E-state index contributed by atoms with van der Waals surface area (Å²) in [6, 6.07) is 5.63. The van der Waals surface area contributed by atoms with E-state index in [9.17, 15) is 9.18 Å². The van der Waals surface area contributed by atoms with Gasteiger partial charge < -0.3 is 5.32 Å². The Morgan fingerprint density at radius 1 is 1.21 bits per heavy atom. The van der Waals surface area contributed by atoms with E-state index >= 15 is 0 Å². The van der Waals surface area contributed by atoms with E-state index in [1.807, 2.05) is 19.1 Å². The van der Waals surface area contributed by atoms with Crippen LogP contribution in [0.25, 0.3) is 22.0 Å². The number of nitrogens with zero attached hydrogens (tertiary/aromatic N) is 3. The van der Waals surface area contributed by atoms with Crippen LogP contribution in [0.1, 0.15) is 12.0 Å². The van der Waals surface area contributed by atoms with E-state index in [1.54, 1.807) is 30.9 Å². The molecule has 2 atom stereocenters. The van der Waals surface area contributed by atoms with Crippen molar-refractivity contribution in [2.24, 2.45) is 5.92 Å². The molecule has 3 heterocycles. The second kappa shape index (κ2) is 5.63. The van der Waals surface area contributed by atoms with Gasteiger partial charge in [0.05, 0.1) is 11.6 Å². The molecule has 24 heavy (non-hydrogen) atoms. The van der Waals surface area contributed by atoms with Crippen molar-refractivity contribution >= 4 is 22.5 Å². The predicted molar refractivity (Wildman–Crippen MR) is 89.1 cm³/mol. The van der Waals surface area contributed by atoms with E-state index in [-0.39, 0.29) is 5.91 Å². The summed E-state index contributed by atoms with van der Waals surface area (Å²) in [6.45, 7) is 2.01. The van der Waals surface area contributed by atoms with Gasteiger partial charge in [-0.25, -0.2) is 9.37 Å². The van der Waals surface area contributed by atoms with Crippen molar-refractivity contribution in [2.45, 2.75) is 19.5 Å². The van der Waals surface area contributed by atoms with Crippen LogP contribution in [-0.4, -0.2) is 27.0 Å². The molecule has 1 aliphatic rings. The van der Waals surface area contributed by atoms with Gasteiger partial charge in [0, 0.05) is 41.1 Å². The highest BCUT2D eigenvalue weighted by atomic mass is 19.1. The third-order valence-electron chi connectivity index (χ3n) is 4.22. The van der Waals surface area contributed by atoms with Crippen LogP contribution in [-0.2, 0) is 4.79 Å². The highest BCUT2D eigenvalue weighted by Crippen LogP contribution is 2.34. The fraction of sp³-hybridized carbons (Fsp3) is 0.222. The Kier molecular flexibility index (Phi) is 3.45. The molecular formula is C18H15FN4O. The van der Waals surface area contributed by atoms with Crippen LogP contribution < -0.4 is 5.32 Å². The van der Waals surface area contributed by atoms with Crippen LogP contribution >= 0.6 is 0 Å². The molecular weight excluding hydrogens is 307 g/mol. The highest BCUT2D eigenvalue weighted by Gasteiger charge is 2.43. The Morgan fingerprint density at radius 3 is 2.71 bits per heavy atom. The molecule has 3 aromatic heterocycles. The molecule has 0 spiro atoms. The lowest BCUT2D eigenvalue weighted by Crippen LogP contribution is -2.15. The highest BCUT2D eigenvalue weighted by molar-refractivity contribution is 5.96. The number of nitrogens with one attached hydrogen (secondary N) is 1. The molecule has 5 nitrogen and oxygen atoms in total. The van der Waals surface area contributed by atoms with Crippen LogP contribution in [0.5, 0.6) is 0 Å². The number of halogens is 1. The van der Waals surface area contributed by atoms with Crippen molar-refractivity contribution in [3.63, 3.8) is 0 Å². The summed E-state index contributed by atoms with van der Waals surface area (Å²) in [5, 5.41) is 4.43. The van der Waals surface area contributed by atoms with Gasteiger partial charge in [-0.15, -0.1) is 0 Å². The lowest BCUT2D eigenvalue weighted by Gasteiger charge is -2.07. The molecule has 0 saturated heterocycles. The van der Waals surface area contributed by atoms with Gasteiger partial charge in [-0.2, -0.15) is 0 Å². The first kappa shape index (κ1) is 14.7. The molecule has 0 radical (unpaired) electrons. The third kappa shape index (κ3) is 2.71. The molecule has 0 aliphatic heterocycles. The Labute approximate surface area is 138 Å². The quantitative estimate of drug-likeness (QED) is 0.803. The number of aryl methyl sites for hydroxylation is 1. The second-order valence-corrected chi connectivity index (χ2v) is 6.02. The Bertz CT molecular complexity index is 943. The maximum atomic E-state index is 12.9. The molecule has 1 saturated carbocycles. The van der Waals surface area contributed by atoms with Crippen molar-refractivity contribution in [1.82, 2.24) is 15.0 Å². The standard InChI is InChI=1S/C18H15FN4O/c1-10-2-3-20-9-14(10)16-4-11-8-22-17(5-12(11)7-21-16)23-18(24)13-6-15(13)19/h2-5,7-9,13,15H,6H2,1H3,(H,22,23,24)/t13-,15-/m1/s1. The maximum Gasteiger partial charge on any atom is 0.231 e. The Balaban J connectivity index is 1.63. The lowest BCUT2D eigenvalue weighted by molar-refractivity contribution is -0.117. The van der Waals surface area contributed by atoms with Gasteiger partial charge in [-0.3, -0.25) is 14.8 Å².